The van der Waals surface area contributed by atoms with Crippen LogP contribution in [0.1, 0.15) is 17.3 Å². The van der Waals surface area contributed by atoms with E-state index in [-0.39, 0.29) is 0 Å². The fraction of sp³-hybridized carbons (Fsp3) is 0.222. The van der Waals surface area contributed by atoms with E-state index in [1.165, 1.54) is 6.92 Å². The molecule has 25 heavy (non-hydrogen) atoms. The molecule has 3 rings (SSSR count). The molecule has 7 heteroatoms. The minimum Gasteiger partial charge on any atom is -0.486 e. The van der Waals surface area contributed by atoms with Crippen molar-refractivity contribution in [3.63, 3.8) is 0 Å². The molecule has 2 aromatic rings. The van der Waals surface area contributed by atoms with Gasteiger partial charge in [-0.1, -0.05) is 6.07 Å². The van der Waals surface area contributed by atoms with Crippen molar-refractivity contribution >= 4 is 40.2 Å². The van der Waals surface area contributed by atoms with Crippen LogP contribution in [0.3, 0.4) is 0 Å². The molecule has 0 bridgehead atoms. The number of benzene rings is 2. The predicted octanol–water partition coefficient (Wildman–Crippen LogP) is 3.25. The molecule has 0 radical (unpaired) electrons. The molecule has 1 heterocycles. The van der Waals surface area contributed by atoms with Gasteiger partial charge in [-0.25, -0.2) is 4.79 Å². The van der Waals surface area contributed by atoms with Crippen molar-refractivity contribution in [2.45, 2.75) is 13.0 Å². The molecular formula is C18H16INO5. The SMILES string of the molecule is CC(OC(=O)c1cccc(I)c1)C(=O)Nc1ccc2c(c1)OCCO2. The highest BCUT2D eigenvalue weighted by Crippen LogP contribution is 2.32. The minimum atomic E-state index is -0.932. The van der Waals surface area contributed by atoms with Crippen LogP contribution in [0, 0.1) is 3.57 Å². The topological polar surface area (TPSA) is 73.9 Å². The quantitative estimate of drug-likeness (QED) is 0.569. The first-order valence-corrected chi connectivity index (χ1v) is 8.78. The van der Waals surface area contributed by atoms with E-state index in [2.05, 4.69) is 27.9 Å². The minimum absolute atomic E-state index is 0.408. The molecule has 2 aromatic carbocycles. The molecular weight excluding hydrogens is 437 g/mol. The van der Waals surface area contributed by atoms with Gasteiger partial charge < -0.3 is 19.5 Å². The normalized spacial score (nSPS) is 13.7. The largest absolute Gasteiger partial charge is 0.486 e. The number of rotatable bonds is 4. The lowest BCUT2D eigenvalue weighted by atomic mass is 10.2. The highest BCUT2D eigenvalue weighted by Gasteiger charge is 2.20. The van der Waals surface area contributed by atoms with Gasteiger partial charge in [0.05, 0.1) is 5.56 Å². The van der Waals surface area contributed by atoms with Gasteiger partial charge in [-0.2, -0.15) is 0 Å². The van der Waals surface area contributed by atoms with Gasteiger partial charge in [-0.15, -0.1) is 0 Å². The monoisotopic (exact) mass is 453 g/mol. The van der Waals surface area contributed by atoms with Crippen LogP contribution in [0.15, 0.2) is 42.5 Å². The van der Waals surface area contributed by atoms with Gasteiger partial charge in [-0.05, 0) is 59.8 Å². The highest BCUT2D eigenvalue weighted by molar-refractivity contribution is 14.1. The van der Waals surface area contributed by atoms with Crippen LogP contribution in [0.4, 0.5) is 5.69 Å². The Labute approximate surface area is 158 Å². The van der Waals surface area contributed by atoms with Gasteiger partial charge in [0, 0.05) is 15.3 Å². The summed E-state index contributed by atoms with van der Waals surface area (Å²) in [6.07, 6.45) is -0.932. The van der Waals surface area contributed by atoms with E-state index >= 15 is 0 Å². The maximum atomic E-state index is 12.3. The number of hydrogen-bond acceptors (Lipinski definition) is 5. The summed E-state index contributed by atoms with van der Waals surface area (Å²) in [6, 6.07) is 12.1. The molecule has 1 aliphatic rings. The van der Waals surface area contributed by atoms with Crippen LogP contribution >= 0.6 is 22.6 Å². The van der Waals surface area contributed by atoms with Gasteiger partial charge in [0.15, 0.2) is 17.6 Å². The van der Waals surface area contributed by atoms with Crippen LogP contribution in [0.25, 0.3) is 0 Å². The number of carbonyl (C=O) groups is 2. The molecule has 0 saturated carbocycles. The lowest BCUT2D eigenvalue weighted by Crippen LogP contribution is -2.30. The Balaban J connectivity index is 1.62. The third kappa shape index (κ3) is 4.41. The van der Waals surface area contributed by atoms with E-state index in [9.17, 15) is 9.59 Å². The molecule has 130 valence electrons. The second-order valence-electron chi connectivity index (χ2n) is 5.41. The van der Waals surface area contributed by atoms with Gasteiger partial charge in [0.1, 0.15) is 13.2 Å². The second-order valence-corrected chi connectivity index (χ2v) is 6.65. The van der Waals surface area contributed by atoms with E-state index in [1.54, 1.807) is 36.4 Å². The third-order valence-corrected chi connectivity index (χ3v) is 4.19. The van der Waals surface area contributed by atoms with E-state index in [0.29, 0.717) is 36.0 Å². The average molecular weight is 453 g/mol. The van der Waals surface area contributed by atoms with Crippen molar-refractivity contribution in [1.82, 2.24) is 0 Å². The standard InChI is InChI=1S/C18H16INO5/c1-11(25-18(22)12-3-2-4-13(19)9-12)17(21)20-14-5-6-15-16(10-14)24-8-7-23-15/h2-6,9-11H,7-8H2,1H3,(H,20,21). The van der Waals surface area contributed by atoms with Gasteiger partial charge in [-0.3, -0.25) is 4.79 Å². The first-order chi connectivity index (χ1) is 12.0. The molecule has 0 aliphatic carbocycles. The van der Waals surface area contributed by atoms with Crippen molar-refractivity contribution in [1.29, 1.82) is 0 Å². The Hall–Kier alpha value is -2.29. The molecule has 1 N–H and O–H groups in total. The number of ether oxygens (including phenoxy) is 3. The smallest absolute Gasteiger partial charge is 0.338 e. The second kappa shape index (κ2) is 7.73. The van der Waals surface area contributed by atoms with Crippen LogP contribution in [-0.2, 0) is 9.53 Å². The zero-order valence-corrected chi connectivity index (χ0v) is 15.6. The summed E-state index contributed by atoms with van der Waals surface area (Å²) in [5, 5.41) is 2.71. The fourth-order valence-electron chi connectivity index (χ4n) is 2.26. The van der Waals surface area contributed by atoms with E-state index < -0.39 is 18.0 Å². The third-order valence-electron chi connectivity index (χ3n) is 3.52. The predicted molar refractivity (Wildman–Crippen MR) is 100 cm³/mol. The van der Waals surface area contributed by atoms with Crippen molar-refractivity contribution in [3.05, 3.63) is 51.6 Å². The number of hydrogen-bond donors (Lipinski definition) is 1. The number of nitrogens with one attached hydrogen (secondary N) is 1. The van der Waals surface area contributed by atoms with Crippen molar-refractivity contribution in [3.8, 4) is 11.5 Å². The Morgan fingerprint density at radius 3 is 2.64 bits per heavy atom. The summed E-state index contributed by atoms with van der Waals surface area (Å²) in [5.74, 6) is 0.258. The maximum Gasteiger partial charge on any atom is 0.338 e. The Kier molecular flexibility index (Phi) is 5.42. The van der Waals surface area contributed by atoms with Gasteiger partial charge in [0.25, 0.3) is 5.91 Å². The molecule has 1 amide bonds. The Morgan fingerprint density at radius 1 is 1.12 bits per heavy atom. The number of esters is 1. The first kappa shape index (κ1) is 17.5. The molecule has 0 saturated heterocycles. The molecule has 1 unspecified atom stereocenters. The molecule has 0 aromatic heterocycles. The van der Waals surface area contributed by atoms with Crippen LogP contribution in [0.5, 0.6) is 11.5 Å². The maximum absolute atomic E-state index is 12.3. The molecule has 0 spiro atoms. The van der Waals surface area contributed by atoms with E-state index in [1.807, 2.05) is 6.07 Å². The number of carbonyl (C=O) groups excluding carboxylic acids is 2. The summed E-state index contributed by atoms with van der Waals surface area (Å²) >= 11 is 2.11. The van der Waals surface area contributed by atoms with Gasteiger partial charge in [0.2, 0.25) is 0 Å². The van der Waals surface area contributed by atoms with E-state index in [4.69, 9.17) is 14.2 Å². The first-order valence-electron chi connectivity index (χ1n) is 7.70. The zero-order valence-electron chi connectivity index (χ0n) is 13.5. The lowest BCUT2D eigenvalue weighted by molar-refractivity contribution is -0.123. The fourth-order valence-corrected chi connectivity index (χ4v) is 2.81. The molecule has 1 aliphatic heterocycles. The van der Waals surface area contributed by atoms with E-state index in [0.717, 1.165) is 3.57 Å². The summed E-state index contributed by atoms with van der Waals surface area (Å²) in [5.41, 5.74) is 0.956. The van der Waals surface area contributed by atoms with Crippen molar-refractivity contribution in [2.24, 2.45) is 0 Å². The summed E-state index contributed by atoms with van der Waals surface area (Å²) in [6.45, 7) is 2.50. The summed E-state index contributed by atoms with van der Waals surface area (Å²) < 4.78 is 17.1. The Morgan fingerprint density at radius 2 is 1.88 bits per heavy atom. The molecule has 1 atom stereocenters. The average Bonchev–Trinajstić information content (AvgIpc) is 2.61. The van der Waals surface area contributed by atoms with Gasteiger partial charge >= 0.3 is 5.97 Å². The van der Waals surface area contributed by atoms with Crippen LogP contribution < -0.4 is 14.8 Å². The molecule has 6 nitrogen and oxygen atoms in total. The van der Waals surface area contributed by atoms with Crippen LogP contribution in [-0.4, -0.2) is 31.2 Å². The van der Waals surface area contributed by atoms with Crippen LogP contribution in [0.2, 0.25) is 0 Å². The number of fused-ring (bicyclic) bond motifs is 1. The number of anilines is 1. The Bertz CT molecular complexity index is 808. The summed E-state index contributed by atoms with van der Waals surface area (Å²) in [4.78, 5) is 24.4. The lowest BCUT2D eigenvalue weighted by Gasteiger charge is -2.19. The zero-order chi connectivity index (χ0) is 17.8. The molecule has 0 fully saturated rings. The number of halogens is 1. The van der Waals surface area contributed by atoms with Crippen molar-refractivity contribution < 1.29 is 23.8 Å². The summed E-state index contributed by atoms with van der Waals surface area (Å²) in [7, 11) is 0. The number of amides is 1. The van der Waals surface area contributed by atoms with Crippen molar-refractivity contribution in [2.75, 3.05) is 18.5 Å². The highest BCUT2D eigenvalue weighted by atomic mass is 127.